The molecule has 1 aromatic carbocycles. The fourth-order valence-corrected chi connectivity index (χ4v) is 2.86. The van der Waals surface area contributed by atoms with E-state index in [1.165, 1.54) is 11.8 Å². The number of fused-ring (bicyclic) bond motifs is 1. The maximum atomic E-state index is 12.1. The van der Waals surface area contributed by atoms with Crippen molar-refractivity contribution in [2.45, 2.75) is 37.2 Å². The SMILES string of the molecule is CCC(O)(CC)CNC(=O)c1ccc2c(c1)NC(=O)CS2. The number of hydrogen-bond donors (Lipinski definition) is 3. The number of anilines is 1. The van der Waals surface area contributed by atoms with Gasteiger partial charge in [-0.2, -0.15) is 0 Å². The average molecular weight is 308 g/mol. The second kappa shape index (κ2) is 6.49. The van der Waals surface area contributed by atoms with Crippen LogP contribution in [-0.2, 0) is 4.79 Å². The van der Waals surface area contributed by atoms with Gasteiger partial charge < -0.3 is 15.7 Å². The zero-order chi connectivity index (χ0) is 15.5. The fourth-order valence-electron chi connectivity index (χ4n) is 2.07. The Kier molecular flexibility index (Phi) is 4.90. The number of thioether (sulfide) groups is 1. The molecule has 21 heavy (non-hydrogen) atoms. The van der Waals surface area contributed by atoms with Crippen LogP contribution in [-0.4, -0.2) is 34.8 Å². The maximum Gasteiger partial charge on any atom is 0.251 e. The van der Waals surface area contributed by atoms with Crippen LogP contribution in [0, 0.1) is 0 Å². The van der Waals surface area contributed by atoms with Gasteiger partial charge in [-0.15, -0.1) is 11.8 Å². The van der Waals surface area contributed by atoms with Crippen LogP contribution >= 0.6 is 11.8 Å². The van der Waals surface area contributed by atoms with Gasteiger partial charge >= 0.3 is 0 Å². The lowest BCUT2D eigenvalue weighted by Crippen LogP contribution is -2.42. The number of aliphatic hydroxyl groups is 1. The minimum absolute atomic E-state index is 0.0589. The van der Waals surface area contributed by atoms with Gasteiger partial charge in [-0.05, 0) is 31.0 Å². The highest BCUT2D eigenvalue weighted by atomic mass is 32.2. The number of amides is 2. The minimum Gasteiger partial charge on any atom is -0.388 e. The quantitative estimate of drug-likeness (QED) is 0.777. The maximum absolute atomic E-state index is 12.1. The molecule has 0 aromatic heterocycles. The molecule has 0 bridgehead atoms. The van der Waals surface area contributed by atoms with E-state index in [1.807, 2.05) is 19.9 Å². The molecule has 5 nitrogen and oxygen atoms in total. The Morgan fingerprint density at radius 1 is 1.43 bits per heavy atom. The summed E-state index contributed by atoms with van der Waals surface area (Å²) < 4.78 is 0. The van der Waals surface area contributed by atoms with Gasteiger partial charge in [0.2, 0.25) is 5.91 Å². The Labute approximate surface area is 128 Å². The molecule has 1 aromatic rings. The van der Waals surface area contributed by atoms with Crippen molar-refractivity contribution in [1.82, 2.24) is 5.32 Å². The van der Waals surface area contributed by atoms with Crippen LogP contribution in [0.2, 0.25) is 0 Å². The molecule has 6 heteroatoms. The molecule has 1 heterocycles. The van der Waals surface area contributed by atoms with Gasteiger partial charge in [-0.25, -0.2) is 0 Å². The van der Waals surface area contributed by atoms with E-state index in [4.69, 9.17) is 0 Å². The lowest BCUT2D eigenvalue weighted by atomic mass is 9.97. The normalized spacial score (nSPS) is 14.3. The first-order chi connectivity index (χ1) is 9.97. The van der Waals surface area contributed by atoms with E-state index in [2.05, 4.69) is 10.6 Å². The van der Waals surface area contributed by atoms with Gasteiger partial charge in [0, 0.05) is 17.0 Å². The van der Waals surface area contributed by atoms with Crippen LogP contribution in [0.5, 0.6) is 0 Å². The van der Waals surface area contributed by atoms with Gasteiger partial charge in [0.05, 0.1) is 17.0 Å². The summed E-state index contributed by atoms with van der Waals surface area (Å²) in [7, 11) is 0. The van der Waals surface area contributed by atoms with Gasteiger partial charge in [0.25, 0.3) is 5.91 Å². The summed E-state index contributed by atoms with van der Waals surface area (Å²) in [5.41, 5.74) is 0.282. The number of benzene rings is 1. The Hall–Kier alpha value is -1.53. The zero-order valence-electron chi connectivity index (χ0n) is 12.2. The van der Waals surface area contributed by atoms with Crippen molar-refractivity contribution >= 4 is 29.3 Å². The van der Waals surface area contributed by atoms with E-state index in [0.717, 1.165) is 4.90 Å². The number of hydrogen-bond acceptors (Lipinski definition) is 4. The van der Waals surface area contributed by atoms with E-state index in [0.29, 0.717) is 29.8 Å². The van der Waals surface area contributed by atoms with Crippen molar-refractivity contribution in [3.05, 3.63) is 23.8 Å². The Morgan fingerprint density at radius 3 is 2.81 bits per heavy atom. The minimum atomic E-state index is -0.867. The van der Waals surface area contributed by atoms with Crippen LogP contribution in [0.15, 0.2) is 23.1 Å². The molecule has 0 fully saturated rings. The predicted octanol–water partition coefficient (Wildman–Crippen LogP) is 2.01. The van der Waals surface area contributed by atoms with E-state index in [-0.39, 0.29) is 18.4 Å². The first-order valence-electron chi connectivity index (χ1n) is 7.04. The second-order valence-corrected chi connectivity index (χ2v) is 6.18. The topological polar surface area (TPSA) is 78.4 Å². The molecule has 0 atom stereocenters. The standard InChI is InChI=1S/C15H20N2O3S/c1-3-15(20,4-2)9-16-14(19)10-5-6-12-11(7-10)17-13(18)8-21-12/h5-7,20H,3-4,8-9H2,1-2H3,(H,16,19)(H,17,18). The van der Waals surface area contributed by atoms with Crippen molar-refractivity contribution in [1.29, 1.82) is 0 Å². The molecule has 0 unspecified atom stereocenters. The summed E-state index contributed by atoms with van der Waals surface area (Å²) in [6.45, 7) is 4.00. The zero-order valence-corrected chi connectivity index (χ0v) is 13.0. The summed E-state index contributed by atoms with van der Waals surface area (Å²) in [4.78, 5) is 24.5. The Bertz CT molecular complexity index is 556. The van der Waals surface area contributed by atoms with E-state index in [9.17, 15) is 14.7 Å². The molecular formula is C15H20N2O3S. The van der Waals surface area contributed by atoms with Gasteiger partial charge in [0.1, 0.15) is 0 Å². The van der Waals surface area contributed by atoms with E-state index in [1.54, 1.807) is 12.1 Å². The molecule has 0 aliphatic carbocycles. The fraction of sp³-hybridized carbons (Fsp3) is 0.467. The summed E-state index contributed by atoms with van der Waals surface area (Å²) in [5.74, 6) is 0.0952. The monoisotopic (exact) mass is 308 g/mol. The number of rotatable bonds is 5. The molecule has 1 aliphatic rings. The lowest BCUT2D eigenvalue weighted by molar-refractivity contribution is -0.113. The third-order valence-electron chi connectivity index (χ3n) is 3.77. The van der Waals surface area contributed by atoms with Crippen LogP contribution < -0.4 is 10.6 Å². The number of carbonyl (C=O) groups is 2. The molecule has 2 rings (SSSR count). The number of carbonyl (C=O) groups excluding carboxylic acids is 2. The molecule has 1 aliphatic heterocycles. The average Bonchev–Trinajstić information content (AvgIpc) is 2.51. The molecular weight excluding hydrogens is 288 g/mol. The van der Waals surface area contributed by atoms with E-state index < -0.39 is 5.60 Å². The molecule has 0 saturated carbocycles. The molecule has 3 N–H and O–H groups in total. The lowest BCUT2D eigenvalue weighted by Gasteiger charge is -2.25. The van der Waals surface area contributed by atoms with Crippen LogP contribution in [0.1, 0.15) is 37.0 Å². The molecule has 0 saturated heterocycles. The largest absolute Gasteiger partial charge is 0.388 e. The third-order valence-corrected chi connectivity index (χ3v) is 4.84. The molecule has 114 valence electrons. The first-order valence-corrected chi connectivity index (χ1v) is 8.03. The number of nitrogens with one attached hydrogen (secondary N) is 2. The molecule has 0 radical (unpaired) electrons. The third kappa shape index (κ3) is 3.77. The first kappa shape index (κ1) is 15.9. The predicted molar refractivity (Wildman–Crippen MR) is 83.7 cm³/mol. The van der Waals surface area contributed by atoms with Crippen LogP contribution in [0.3, 0.4) is 0 Å². The highest BCUT2D eigenvalue weighted by Gasteiger charge is 2.23. The van der Waals surface area contributed by atoms with Crippen molar-refractivity contribution in [2.75, 3.05) is 17.6 Å². The van der Waals surface area contributed by atoms with Gasteiger partial charge in [0.15, 0.2) is 0 Å². The second-order valence-electron chi connectivity index (χ2n) is 5.16. The molecule has 0 spiro atoms. The summed E-state index contributed by atoms with van der Waals surface area (Å²) >= 11 is 1.46. The molecule has 2 amide bonds. The summed E-state index contributed by atoms with van der Waals surface area (Å²) in [6, 6.07) is 5.24. The van der Waals surface area contributed by atoms with Crippen LogP contribution in [0.25, 0.3) is 0 Å². The van der Waals surface area contributed by atoms with E-state index >= 15 is 0 Å². The highest BCUT2D eigenvalue weighted by Crippen LogP contribution is 2.31. The smallest absolute Gasteiger partial charge is 0.251 e. The highest BCUT2D eigenvalue weighted by molar-refractivity contribution is 8.00. The van der Waals surface area contributed by atoms with Gasteiger partial charge in [-0.3, -0.25) is 9.59 Å². The van der Waals surface area contributed by atoms with Crippen molar-refractivity contribution < 1.29 is 14.7 Å². The van der Waals surface area contributed by atoms with Crippen molar-refractivity contribution in [3.8, 4) is 0 Å². The Balaban J connectivity index is 2.06. The van der Waals surface area contributed by atoms with Crippen LogP contribution in [0.4, 0.5) is 5.69 Å². The summed E-state index contributed by atoms with van der Waals surface area (Å²) in [6.07, 6.45) is 1.17. The Morgan fingerprint density at radius 2 is 2.14 bits per heavy atom. The van der Waals surface area contributed by atoms with Gasteiger partial charge in [-0.1, -0.05) is 13.8 Å². The summed E-state index contributed by atoms with van der Waals surface area (Å²) in [5, 5.41) is 15.7. The van der Waals surface area contributed by atoms with Crippen molar-refractivity contribution in [2.24, 2.45) is 0 Å². The van der Waals surface area contributed by atoms with Crippen molar-refractivity contribution in [3.63, 3.8) is 0 Å².